The molecule has 3 aliphatic carbocycles. The highest BCUT2D eigenvalue weighted by molar-refractivity contribution is 4.94. The Kier molecular flexibility index (Phi) is 6.03. The molecule has 0 aliphatic heterocycles. The summed E-state index contributed by atoms with van der Waals surface area (Å²) in [5.41, 5.74) is 1.20. The van der Waals surface area contributed by atoms with Crippen LogP contribution in [0.25, 0.3) is 0 Å². The van der Waals surface area contributed by atoms with E-state index >= 15 is 0 Å². The third kappa shape index (κ3) is 3.88. The summed E-state index contributed by atoms with van der Waals surface area (Å²) in [4.78, 5) is 0. The minimum absolute atomic E-state index is 0.598. The summed E-state index contributed by atoms with van der Waals surface area (Å²) in [5, 5.41) is 0. The smallest absolute Gasteiger partial charge is 0.0298 e. The van der Waals surface area contributed by atoms with E-state index in [9.17, 15) is 0 Å². The second-order valence-corrected chi connectivity index (χ2v) is 10.9. The Balaban J connectivity index is 1.56. The van der Waals surface area contributed by atoms with Crippen molar-refractivity contribution in [2.75, 3.05) is 0 Å². The molecule has 0 nitrogen and oxygen atoms in total. The van der Waals surface area contributed by atoms with Crippen molar-refractivity contribution in [3.63, 3.8) is 0 Å². The van der Waals surface area contributed by atoms with Crippen molar-refractivity contribution in [2.24, 2.45) is 34.5 Å². The van der Waals surface area contributed by atoms with E-state index in [1.165, 1.54) is 89.9 Å². The van der Waals surface area contributed by atoms with Gasteiger partial charge < -0.3 is 0 Å². The topological polar surface area (TPSA) is 0 Å². The molecule has 0 saturated heterocycles. The van der Waals surface area contributed by atoms with Crippen LogP contribution in [0.2, 0.25) is 0 Å². The standard InChI is InChI=1S/C24H44/c1-23(2,19-11-7-5-8-12-19)21-15-17-22(18-16-21)24(3,4)20-13-9-6-10-14-20/h19-22H,5-18H2,1-4H3. The lowest BCUT2D eigenvalue weighted by Gasteiger charge is -2.50. The molecule has 0 aromatic heterocycles. The second kappa shape index (κ2) is 7.71. The van der Waals surface area contributed by atoms with Crippen molar-refractivity contribution in [2.45, 2.75) is 118 Å². The summed E-state index contributed by atoms with van der Waals surface area (Å²) >= 11 is 0. The molecule has 0 spiro atoms. The Morgan fingerprint density at radius 3 is 0.917 bits per heavy atom. The number of hydrogen-bond donors (Lipinski definition) is 0. The number of rotatable bonds is 4. The quantitative estimate of drug-likeness (QED) is 0.489. The average molecular weight is 333 g/mol. The maximum absolute atomic E-state index is 2.63. The van der Waals surface area contributed by atoms with Crippen LogP contribution in [0.5, 0.6) is 0 Å². The van der Waals surface area contributed by atoms with E-state index in [4.69, 9.17) is 0 Å². The molecule has 0 heteroatoms. The molecule has 3 rings (SSSR count). The minimum Gasteiger partial charge on any atom is -0.0594 e. The van der Waals surface area contributed by atoms with Gasteiger partial charge in [-0.3, -0.25) is 0 Å². The van der Waals surface area contributed by atoms with Crippen LogP contribution in [0.4, 0.5) is 0 Å². The Hall–Kier alpha value is 0. The number of hydrogen-bond acceptors (Lipinski definition) is 0. The molecule has 0 unspecified atom stereocenters. The Labute approximate surface area is 152 Å². The van der Waals surface area contributed by atoms with Crippen LogP contribution in [0.15, 0.2) is 0 Å². The normalized spacial score (nSPS) is 32.0. The van der Waals surface area contributed by atoms with Crippen molar-refractivity contribution in [3.8, 4) is 0 Å². The van der Waals surface area contributed by atoms with Crippen LogP contribution in [0, 0.1) is 34.5 Å². The SMILES string of the molecule is CC(C)(C1CCCCC1)C1CCC(C(C)(C)C2CCCCC2)CC1. The van der Waals surface area contributed by atoms with Gasteiger partial charge in [0.1, 0.15) is 0 Å². The Bertz CT molecular complexity index is 333. The van der Waals surface area contributed by atoms with Crippen LogP contribution in [-0.2, 0) is 0 Å². The molecule has 0 N–H and O–H groups in total. The molecule has 0 bridgehead atoms. The second-order valence-electron chi connectivity index (χ2n) is 10.9. The fraction of sp³-hybridized carbons (Fsp3) is 1.00. The van der Waals surface area contributed by atoms with Gasteiger partial charge in [0.2, 0.25) is 0 Å². The lowest BCUT2D eigenvalue weighted by molar-refractivity contribution is 0.00329. The predicted octanol–water partition coefficient (Wildman–Crippen LogP) is 8.01. The van der Waals surface area contributed by atoms with Gasteiger partial charge in [0.25, 0.3) is 0 Å². The molecule has 0 radical (unpaired) electrons. The van der Waals surface area contributed by atoms with Gasteiger partial charge in [-0.15, -0.1) is 0 Å². The first-order valence-corrected chi connectivity index (χ1v) is 11.4. The van der Waals surface area contributed by atoms with E-state index in [0.29, 0.717) is 10.8 Å². The van der Waals surface area contributed by atoms with Crippen molar-refractivity contribution in [3.05, 3.63) is 0 Å². The largest absolute Gasteiger partial charge is 0.0594 e. The molecule has 0 atom stereocenters. The maximum atomic E-state index is 2.63. The fourth-order valence-corrected chi connectivity index (χ4v) is 6.94. The Morgan fingerprint density at radius 2 is 0.625 bits per heavy atom. The maximum Gasteiger partial charge on any atom is -0.0298 e. The monoisotopic (exact) mass is 332 g/mol. The fourth-order valence-electron chi connectivity index (χ4n) is 6.94. The first-order chi connectivity index (χ1) is 11.4. The molecule has 3 aliphatic rings. The highest BCUT2D eigenvalue weighted by Gasteiger charge is 2.43. The van der Waals surface area contributed by atoms with E-state index in [1.54, 1.807) is 0 Å². The van der Waals surface area contributed by atoms with Crippen LogP contribution >= 0.6 is 0 Å². The third-order valence-electron chi connectivity index (χ3n) is 9.15. The van der Waals surface area contributed by atoms with Gasteiger partial charge >= 0.3 is 0 Å². The minimum atomic E-state index is 0.598. The lowest BCUT2D eigenvalue weighted by Crippen LogP contribution is -2.40. The summed E-state index contributed by atoms with van der Waals surface area (Å²) in [7, 11) is 0. The van der Waals surface area contributed by atoms with Crippen LogP contribution in [0.3, 0.4) is 0 Å². The lowest BCUT2D eigenvalue weighted by atomic mass is 9.55. The predicted molar refractivity (Wildman–Crippen MR) is 106 cm³/mol. The van der Waals surface area contributed by atoms with E-state index in [2.05, 4.69) is 27.7 Å². The summed E-state index contributed by atoms with van der Waals surface area (Å²) in [6, 6.07) is 0. The van der Waals surface area contributed by atoms with Crippen molar-refractivity contribution >= 4 is 0 Å². The summed E-state index contributed by atoms with van der Waals surface area (Å²) < 4.78 is 0. The molecule has 0 aromatic carbocycles. The summed E-state index contributed by atoms with van der Waals surface area (Å²) in [6.07, 6.45) is 21.1. The molecular weight excluding hydrogens is 288 g/mol. The zero-order valence-electron chi connectivity index (χ0n) is 17.2. The highest BCUT2D eigenvalue weighted by Crippen LogP contribution is 2.54. The van der Waals surface area contributed by atoms with Gasteiger partial charge in [-0.05, 0) is 85.9 Å². The average Bonchev–Trinajstić information content (AvgIpc) is 2.63. The van der Waals surface area contributed by atoms with E-state index in [0.717, 1.165) is 23.7 Å². The van der Waals surface area contributed by atoms with Gasteiger partial charge in [-0.25, -0.2) is 0 Å². The van der Waals surface area contributed by atoms with Crippen molar-refractivity contribution in [1.82, 2.24) is 0 Å². The van der Waals surface area contributed by atoms with Crippen molar-refractivity contribution < 1.29 is 0 Å². The molecule has 24 heavy (non-hydrogen) atoms. The molecular formula is C24H44. The summed E-state index contributed by atoms with van der Waals surface area (Å²) in [6.45, 7) is 10.5. The van der Waals surface area contributed by atoms with Gasteiger partial charge in [-0.2, -0.15) is 0 Å². The Morgan fingerprint density at radius 1 is 0.375 bits per heavy atom. The van der Waals surface area contributed by atoms with Gasteiger partial charge in [0, 0.05) is 0 Å². The van der Waals surface area contributed by atoms with Gasteiger partial charge in [0.05, 0.1) is 0 Å². The van der Waals surface area contributed by atoms with Gasteiger partial charge in [-0.1, -0.05) is 66.2 Å². The van der Waals surface area contributed by atoms with Crippen LogP contribution in [0.1, 0.15) is 118 Å². The zero-order valence-corrected chi connectivity index (χ0v) is 17.2. The molecule has 0 heterocycles. The molecule has 0 aromatic rings. The molecule has 0 amide bonds. The third-order valence-corrected chi connectivity index (χ3v) is 9.15. The van der Waals surface area contributed by atoms with Crippen LogP contribution in [-0.4, -0.2) is 0 Å². The van der Waals surface area contributed by atoms with Crippen LogP contribution < -0.4 is 0 Å². The highest BCUT2D eigenvalue weighted by atomic mass is 14.5. The van der Waals surface area contributed by atoms with E-state index in [-0.39, 0.29) is 0 Å². The molecule has 3 fully saturated rings. The van der Waals surface area contributed by atoms with E-state index in [1.807, 2.05) is 0 Å². The van der Waals surface area contributed by atoms with Crippen molar-refractivity contribution in [1.29, 1.82) is 0 Å². The first kappa shape index (κ1) is 18.8. The van der Waals surface area contributed by atoms with E-state index < -0.39 is 0 Å². The first-order valence-electron chi connectivity index (χ1n) is 11.4. The molecule has 3 saturated carbocycles. The summed E-state index contributed by atoms with van der Waals surface area (Å²) in [5.74, 6) is 4.02. The van der Waals surface area contributed by atoms with Gasteiger partial charge in [0.15, 0.2) is 0 Å². The zero-order chi connectivity index (χ0) is 17.2. The molecule has 140 valence electrons.